The maximum Gasteiger partial charge on any atom is 0.303 e. The Morgan fingerprint density at radius 3 is 2.29 bits per heavy atom. The first kappa shape index (κ1) is 13.4. The average molecular weight is 201 g/mol. The first-order valence-electron chi connectivity index (χ1n) is 5.46. The summed E-state index contributed by atoms with van der Waals surface area (Å²) in [6, 6.07) is 1.04. The van der Waals surface area contributed by atoms with Crippen molar-refractivity contribution >= 4 is 5.97 Å². The van der Waals surface area contributed by atoms with E-state index in [4.69, 9.17) is 5.11 Å². The molecule has 14 heavy (non-hydrogen) atoms. The van der Waals surface area contributed by atoms with Gasteiger partial charge >= 0.3 is 5.97 Å². The Morgan fingerprint density at radius 2 is 1.93 bits per heavy atom. The van der Waals surface area contributed by atoms with Crippen LogP contribution in [0.2, 0.25) is 0 Å². The smallest absolute Gasteiger partial charge is 0.303 e. The molecule has 0 rings (SSSR count). The lowest BCUT2D eigenvalue weighted by atomic mass is 10.1. The molecule has 0 radical (unpaired) electrons. The third-order valence-corrected chi connectivity index (χ3v) is 2.63. The SMILES string of the molecule is CCC(C)N(CCCC(=O)O)C(C)C. The van der Waals surface area contributed by atoms with E-state index in [2.05, 4.69) is 32.6 Å². The fourth-order valence-corrected chi connectivity index (χ4v) is 1.63. The number of hydrogen-bond donors (Lipinski definition) is 1. The van der Waals surface area contributed by atoms with E-state index in [0.717, 1.165) is 19.4 Å². The highest BCUT2D eigenvalue weighted by Gasteiger charge is 2.15. The number of hydrogen-bond acceptors (Lipinski definition) is 2. The molecule has 0 aromatic rings. The van der Waals surface area contributed by atoms with Crippen LogP contribution in [0.3, 0.4) is 0 Å². The van der Waals surface area contributed by atoms with E-state index < -0.39 is 5.97 Å². The van der Waals surface area contributed by atoms with Gasteiger partial charge in [-0.15, -0.1) is 0 Å². The summed E-state index contributed by atoms with van der Waals surface area (Å²) >= 11 is 0. The van der Waals surface area contributed by atoms with Gasteiger partial charge in [0.1, 0.15) is 0 Å². The van der Waals surface area contributed by atoms with Gasteiger partial charge in [0.25, 0.3) is 0 Å². The molecular formula is C11H23NO2. The molecule has 0 heterocycles. The maximum absolute atomic E-state index is 10.4. The van der Waals surface area contributed by atoms with Crippen LogP contribution in [0.1, 0.15) is 47.0 Å². The molecule has 0 saturated heterocycles. The summed E-state index contributed by atoms with van der Waals surface area (Å²) in [5.74, 6) is -0.696. The average Bonchev–Trinajstić information content (AvgIpc) is 2.10. The van der Waals surface area contributed by atoms with E-state index in [0.29, 0.717) is 12.1 Å². The van der Waals surface area contributed by atoms with Gasteiger partial charge < -0.3 is 5.11 Å². The number of carboxylic acid groups (broad SMARTS) is 1. The topological polar surface area (TPSA) is 40.5 Å². The van der Waals surface area contributed by atoms with Crippen molar-refractivity contribution < 1.29 is 9.90 Å². The minimum absolute atomic E-state index is 0.277. The van der Waals surface area contributed by atoms with E-state index in [1.807, 2.05) is 0 Å². The fraction of sp³-hybridized carbons (Fsp3) is 0.909. The molecule has 1 unspecified atom stereocenters. The zero-order valence-electron chi connectivity index (χ0n) is 9.79. The van der Waals surface area contributed by atoms with Crippen LogP contribution < -0.4 is 0 Å². The van der Waals surface area contributed by atoms with Crippen LogP contribution in [0, 0.1) is 0 Å². The largest absolute Gasteiger partial charge is 0.481 e. The van der Waals surface area contributed by atoms with Crippen LogP contribution in [0.5, 0.6) is 0 Å². The fourth-order valence-electron chi connectivity index (χ4n) is 1.63. The molecule has 0 aliphatic carbocycles. The van der Waals surface area contributed by atoms with Gasteiger partial charge in [-0.05, 0) is 40.2 Å². The lowest BCUT2D eigenvalue weighted by Crippen LogP contribution is -2.39. The zero-order valence-corrected chi connectivity index (χ0v) is 9.79. The minimum atomic E-state index is -0.696. The Morgan fingerprint density at radius 1 is 1.36 bits per heavy atom. The van der Waals surface area contributed by atoms with Crippen LogP contribution in [0.4, 0.5) is 0 Å². The standard InChI is InChI=1S/C11H23NO2/c1-5-10(4)12(9(2)3)8-6-7-11(13)14/h9-10H,5-8H2,1-4H3,(H,13,14). The number of carboxylic acids is 1. The molecule has 3 nitrogen and oxygen atoms in total. The van der Waals surface area contributed by atoms with Crippen LogP contribution >= 0.6 is 0 Å². The predicted octanol–water partition coefficient (Wildman–Crippen LogP) is 2.36. The van der Waals surface area contributed by atoms with Gasteiger partial charge in [-0.25, -0.2) is 0 Å². The predicted molar refractivity (Wildman–Crippen MR) is 58.5 cm³/mol. The van der Waals surface area contributed by atoms with Gasteiger partial charge in [0.2, 0.25) is 0 Å². The molecule has 1 atom stereocenters. The van der Waals surface area contributed by atoms with Crippen LogP contribution in [-0.2, 0) is 4.79 Å². The quantitative estimate of drug-likeness (QED) is 0.687. The molecule has 0 bridgehead atoms. The normalized spacial score (nSPS) is 13.6. The molecule has 0 fully saturated rings. The third-order valence-electron chi connectivity index (χ3n) is 2.63. The summed E-state index contributed by atoms with van der Waals surface area (Å²) in [6.45, 7) is 9.57. The first-order chi connectivity index (χ1) is 6.49. The van der Waals surface area contributed by atoms with Gasteiger partial charge in [-0.1, -0.05) is 6.92 Å². The molecule has 0 aromatic carbocycles. The molecule has 0 spiro atoms. The monoisotopic (exact) mass is 201 g/mol. The molecule has 84 valence electrons. The Bertz CT molecular complexity index is 169. The summed E-state index contributed by atoms with van der Waals surface area (Å²) in [7, 11) is 0. The van der Waals surface area contributed by atoms with Crippen molar-refractivity contribution in [3.63, 3.8) is 0 Å². The van der Waals surface area contributed by atoms with E-state index in [1.165, 1.54) is 0 Å². The molecule has 0 saturated carbocycles. The van der Waals surface area contributed by atoms with Gasteiger partial charge in [0, 0.05) is 18.5 Å². The molecule has 3 heteroatoms. The van der Waals surface area contributed by atoms with E-state index in [-0.39, 0.29) is 6.42 Å². The van der Waals surface area contributed by atoms with E-state index in [9.17, 15) is 4.79 Å². The highest BCUT2D eigenvalue weighted by molar-refractivity contribution is 5.66. The summed E-state index contributed by atoms with van der Waals surface area (Å²) < 4.78 is 0. The van der Waals surface area contributed by atoms with Crippen molar-refractivity contribution in [2.75, 3.05) is 6.54 Å². The molecule has 0 amide bonds. The number of aliphatic carboxylic acids is 1. The summed E-state index contributed by atoms with van der Waals surface area (Å²) in [5.41, 5.74) is 0. The van der Waals surface area contributed by atoms with Crippen molar-refractivity contribution in [1.29, 1.82) is 0 Å². The summed E-state index contributed by atoms with van der Waals surface area (Å²) in [4.78, 5) is 12.7. The lowest BCUT2D eigenvalue weighted by molar-refractivity contribution is -0.137. The number of rotatable bonds is 7. The van der Waals surface area contributed by atoms with Crippen LogP contribution in [0.25, 0.3) is 0 Å². The molecule has 0 aromatic heterocycles. The summed E-state index contributed by atoms with van der Waals surface area (Å²) in [6.07, 6.45) is 2.14. The Kier molecular flexibility index (Phi) is 6.54. The van der Waals surface area contributed by atoms with Gasteiger partial charge in [0.05, 0.1) is 0 Å². The molecular weight excluding hydrogens is 178 g/mol. The lowest BCUT2D eigenvalue weighted by Gasteiger charge is -2.32. The van der Waals surface area contributed by atoms with E-state index >= 15 is 0 Å². The Balaban J connectivity index is 3.91. The first-order valence-corrected chi connectivity index (χ1v) is 5.46. The Labute approximate surface area is 87.1 Å². The van der Waals surface area contributed by atoms with Crippen LogP contribution in [-0.4, -0.2) is 34.6 Å². The zero-order chi connectivity index (χ0) is 11.1. The van der Waals surface area contributed by atoms with Crippen molar-refractivity contribution in [3.05, 3.63) is 0 Å². The maximum atomic E-state index is 10.4. The van der Waals surface area contributed by atoms with Gasteiger partial charge in [0.15, 0.2) is 0 Å². The van der Waals surface area contributed by atoms with Gasteiger partial charge in [-0.3, -0.25) is 9.69 Å². The van der Waals surface area contributed by atoms with Crippen molar-refractivity contribution in [2.24, 2.45) is 0 Å². The van der Waals surface area contributed by atoms with Crippen molar-refractivity contribution in [1.82, 2.24) is 4.90 Å². The third kappa shape index (κ3) is 5.22. The number of nitrogens with zero attached hydrogens (tertiary/aromatic N) is 1. The molecule has 0 aliphatic heterocycles. The molecule has 1 N–H and O–H groups in total. The Hall–Kier alpha value is -0.570. The molecule has 0 aliphatic rings. The van der Waals surface area contributed by atoms with Crippen molar-refractivity contribution in [3.8, 4) is 0 Å². The second kappa shape index (κ2) is 6.82. The number of carbonyl (C=O) groups is 1. The second-order valence-electron chi connectivity index (χ2n) is 4.09. The highest BCUT2D eigenvalue weighted by Crippen LogP contribution is 2.09. The summed E-state index contributed by atoms with van der Waals surface area (Å²) in [5, 5.41) is 8.54. The highest BCUT2D eigenvalue weighted by atomic mass is 16.4. The van der Waals surface area contributed by atoms with Crippen LogP contribution in [0.15, 0.2) is 0 Å². The van der Waals surface area contributed by atoms with Crippen molar-refractivity contribution in [2.45, 2.75) is 59.0 Å². The van der Waals surface area contributed by atoms with E-state index in [1.54, 1.807) is 0 Å². The van der Waals surface area contributed by atoms with Gasteiger partial charge in [-0.2, -0.15) is 0 Å². The minimum Gasteiger partial charge on any atom is -0.481 e. The second-order valence-corrected chi connectivity index (χ2v) is 4.09.